The van der Waals surface area contributed by atoms with Gasteiger partial charge in [0.2, 0.25) is 9.76 Å². The van der Waals surface area contributed by atoms with E-state index in [0.717, 1.165) is 18.6 Å². The Balaban J connectivity index is 2.31. The molecule has 0 heterocycles. The summed E-state index contributed by atoms with van der Waals surface area (Å²) in [6.45, 7) is 13.2. The molecule has 0 unspecified atom stereocenters. The average molecular weight is 262 g/mol. The molecule has 0 bridgehead atoms. The minimum absolute atomic E-state index is 0.343. The van der Waals surface area contributed by atoms with Gasteiger partial charge in [0.15, 0.2) is 0 Å². The zero-order valence-corrected chi connectivity index (χ0v) is 13.6. The van der Waals surface area contributed by atoms with E-state index >= 15 is 0 Å². The van der Waals surface area contributed by atoms with Gasteiger partial charge in [-0.3, -0.25) is 0 Å². The molecule has 0 aliphatic rings. The Bertz CT molecular complexity index is 368. The molecule has 0 saturated carbocycles. The van der Waals surface area contributed by atoms with E-state index in [1.807, 2.05) is 6.07 Å². The molecule has 18 heavy (non-hydrogen) atoms. The Morgan fingerprint density at radius 3 is 2.44 bits per heavy atom. The third kappa shape index (κ3) is 5.09. The highest BCUT2D eigenvalue weighted by atomic mass is 28.2. The molecule has 0 aromatic heterocycles. The molecular weight excluding hydrogens is 236 g/mol. The first kappa shape index (κ1) is 15.0. The highest BCUT2D eigenvalue weighted by molar-refractivity contribution is 6.32. The van der Waals surface area contributed by atoms with Crippen LogP contribution in [0.5, 0.6) is 0 Å². The van der Waals surface area contributed by atoms with Crippen LogP contribution in [0.1, 0.15) is 39.7 Å². The number of rotatable bonds is 7. The minimum Gasteiger partial charge on any atom is -0.552 e. The fourth-order valence-electron chi connectivity index (χ4n) is 1.46. The van der Waals surface area contributed by atoms with Crippen molar-refractivity contribution >= 4 is 9.76 Å². The molecule has 0 radical (unpaired) electrons. The Kier molecular flexibility index (Phi) is 5.67. The number of hydrogen-bond donors (Lipinski definition) is 0. The van der Waals surface area contributed by atoms with Gasteiger partial charge in [0.1, 0.15) is 0 Å². The number of benzene rings is 1. The van der Waals surface area contributed by atoms with Gasteiger partial charge in [-0.05, 0) is 22.9 Å². The van der Waals surface area contributed by atoms with E-state index in [2.05, 4.69) is 58.5 Å². The second-order valence-corrected chi connectivity index (χ2v) is 8.36. The van der Waals surface area contributed by atoms with Crippen molar-refractivity contribution in [1.82, 2.24) is 0 Å². The predicted octanol–water partition coefficient (Wildman–Crippen LogP) is 4.09. The molecule has 100 valence electrons. The number of hydrogen-bond acceptors (Lipinski definition) is 1. The summed E-state index contributed by atoms with van der Waals surface area (Å²) in [7, 11) is -0.555. The molecule has 1 rings (SSSR count). The summed E-state index contributed by atoms with van der Waals surface area (Å²) in [4.78, 5) is 0. The minimum atomic E-state index is -0.555. The SMILES string of the molecule is C=C(CCc1ccccc1)O[SiH2]C(C)(C)C(C)C. The molecule has 1 aromatic carbocycles. The molecule has 2 heteroatoms. The molecule has 0 saturated heterocycles. The smallest absolute Gasteiger partial charge is 0.224 e. The largest absolute Gasteiger partial charge is 0.552 e. The summed E-state index contributed by atoms with van der Waals surface area (Å²) >= 11 is 0. The van der Waals surface area contributed by atoms with Crippen LogP contribution in [0.15, 0.2) is 42.7 Å². The third-order valence-corrected chi connectivity index (χ3v) is 5.86. The first-order chi connectivity index (χ1) is 8.42. The highest BCUT2D eigenvalue weighted by Crippen LogP contribution is 2.33. The summed E-state index contributed by atoms with van der Waals surface area (Å²) in [5.74, 6) is 1.63. The van der Waals surface area contributed by atoms with Gasteiger partial charge < -0.3 is 4.43 Å². The van der Waals surface area contributed by atoms with Crippen LogP contribution in [0.3, 0.4) is 0 Å². The Labute approximate surface area is 114 Å². The maximum absolute atomic E-state index is 5.93. The number of allylic oxidation sites excluding steroid dienone is 1. The van der Waals surface area contributed by atoms with Crippen LogP contribution in [0, 0.1) is 5.92 Å². The van der Waals surface area contributed by atoms with Gasteiger partial charge in [0, 0.05) is 6.42 Å². The molecule has 0 amide bonds. The third-order valence-electron chi connectivity index (χ3n) is 3.75. The molecule has 0 fully saturated rings. The standard InChI is InChI=1S/C16H26OSi/c1-13(2)16(4,5)18-17-14(3)11-12-15-9-7-6-8-10-15/h6-10,13H,3,11-12,18H2,1-2,4-5H3. The van der Waals surface area contributed by atoms with Crippen molar-refractivity contribution in [2.24, 2.45) is 5.92 Å². The van der Waals surface area contributed by atoms with E-state index in [4.69, 9.17) is 4.43 Å². The van der Waals surface area contributed by atoms with Crippen molar-refractivity contribution in [3.8, 4) is 0 Å². The summed E-state index contributed by atoms with van der Waals surface area (Å²) in [5, 5.41) is 0.343. The topological polar surface area (TPSA) is 9.23 Å². The number of aryl methyl sites for hydroxylation is 1. The lowest BCUT2D eigenvalue weighted by atomic mass is 9.99. The fourth-order valence-corrected chi connectivity index (χ4v) is 2.51. The van der Waals surface area contributed by atoms with Gasteiger partial charge in [-0.1, -0.05) is 64.6 Å². The lowest BCUT2D eigenvalue weighted by Gasteiger charge is -2.28. The molecule has 1 nitrogen and oxygen atoms in total. The second-order valence-electron chi connectivity index (χ2n) is 5.96. The van der Waals surface area contributed by atoms with E-state index < -0.39 is 9.76 Å². The van der Waals surface area contributed by atoms with Crippen LogP contribution in [0.2, 0.25) is 5.04 Å². The van der Waals surface area contributed by atoms with Crippen molar-refractivity contribution < 1.29 is 4.43 Å². The molecule has 0 spiro atoms. The van der Waals surface area contributed by atoms with Gasteiger partial charge >= 0.3 is 0 Å². The van der Waals surface area contributed by atoms with Crippen LogP contribution >= 0.6 is 0 Å². The molecular formula is C16H26OSi. The van der Waals surface area contributed by atoms with Gasteiger partial charge in [0.05, 0.1) is 5.76 Å². The Morgan fingerprint density at radius 2 is 1.89 bits per heavy atom. The van der Waals surface area contributed by atoms with Crippen molar-refractivity contribution in [3.63, 3.8) is 0 Å². The van der Waals surface area contributed by atoms with E-state index in [-0.39, 0.29) is 0 Å². The molecule has 0 aliphatic heterocycles. The van der Waals surface area contributed by atoms with Crippen LogP contribution in [-0.4, -0.2) is 9.76 Å². The lowest BCUT2D eigenvalue weighted by Crippen LogP contribution is -2.21. The summed E-state index contributed by atoms with van der Waals surface area (Å²) < 4.78 is 5.93. The first-order valence-electron chi connectivity index (χ1n) is 6.76. The van der Waals surface area contributed by atoms with E-state index in [0.29, 0.717) is 11.0 Å². The molecule has 0 aliphatic carbocycles. The Hall–Kier alpha value is -1.02. The Morgan fingerprint density at radius 1 is 1.28 bits per heavy atom. The van der Waals surface area contributed by atoms with Crippen molar-refractivity contribution in [3.05, 3.63) is 48.2 Å². The molecule has 0 atom stereocenters. The second kappa shape index (κ2) is 6.79. The fraction of sp³-hybridized carbons (Fsp3) is 0.500. The first-order valence-corrected chi connectivity index (χ1v) is 8.05. The predicted molar refractivity (Wildman–Crippen MR) is 82.4 cm³/mol. The molecule has 1 aromatic rings. The normalized spacial score (nSPS) is 12.3. The zero-order valence-electron chi connectivity index (χ0n) is 12.2. The van der Waals surface area contributed by atoms with Crippen LogP contribution in [0.4, 0.5) is 0 Å². The van der Waals surface area contributed by atoms with E-state index in [9.17, 15) is 0 Å². The zero-order chi connectivity index (χ0) is 13.6. The quantitative estimate of drug-likeness (QED) is 0.531. The summed E-state index contributed by atoms with van der Waals surface area (Å²) in [5.41, 5.74) is 1.35. The summed E-state index contributed by atoms with van der Waals surface area (Å²) in [6, 6.07) is 10.5. The average Bonchev–Trinajstić information content (AvgIpc) is 2.35. The van der Waals surface area contributed by atoms with Gasteiger partial charge in [0.25, 0.3) is 0 Å². The van der Waals surface area contributed by atoms with Crippen molar-refractivity contribution in [2.75, 3.05) is 0 Å². The van der Waals surface area contributed by atoms with Crippen molar-refractivity contribution in [1.29, 1.82) is 0 Å². The van der Waals surface area contributed by atoms with Crippen LogP contribution in [-0.2, 0) is 10.8 Å². The van der Waals surface area contributed by atoms with E-state index in [1.54, 1.807) is 0 Å². The summed E-state index contributed by atoms with van der Waals surface area (Å²) in [6.07, 6.45) is 1.96. The maximum atomic E-state index is 5.93. The van der Waals surface area contributed by atoms with Gasteiger partial charge in [-0.15, -0.1) is 0 Å². The van der Waals surface area contributed by atoms with E-state index in [1.165, 1.54) is 5.56 Å². The van der Waals surface area contributed by atoms with Crippen LogP contribution in [0.25, 0.3) is 0 Å². The van der Waals surface area contributed by atoms with Crippen molar-refractivity contribution in [2.45, 2.75) is 45.6 Å². The monoisotopic (exact) mass is 262 g/mol. The van der Waals surface area contributed by atoms with Crippen LogP contribution < -0.4 is 0 Å². The molecule has 0 N–H and O–H groups in total. The lowest BCUT2D eigenvalue weighted by molar-refractivity contribution is 0.367. The highest BCUT2D eigenvalue weighted by Gasteiger charge is 2.24. The van der Waals surface area contributed by atoms with Gasteiger partial charge in [-0.2, -0.15) is 0 Å². The maximum Gasteiger partial charge on any atom is 0.224 e. The van der Waals surface area contributed by atoms with Gasteiger partial charge in [-0.25, -0.2) is 0 Å².